The lowest BCUT2D eigenvalue weighted by atomic mass is 10.1. The second kappa shape index (κ2) is 5.41. The smallest absolute Gasteiger partial charge is 0.339 e. The summed E-state index contributed by atoms with van der Waals surface area (Å²) in [5, 5.41) is 18.2. The van der Waals surface area contributed by atoms with Crippen LogP contribution in [0, 0.1) is 18.3 Å². The van der Waals surface area contributed by atoms with Gasteiger partial charge >= 0.3 is 5.97 Å². The first kappa shape index (κ1) is 13.6. The zero-order valence-corrected chi connectivity index (χ0v) is 11.2. The third kappa shape index (κ3) is 2.59. The van der Waals surface area contributed by atoms with Crippen molar-refractivity contribution >= 4 is 17.3 Å². The van der Waals surface area contributed by atoms with Crippen LogP contribution in [-0.2, 0) is 0 Å². The van der Waals surface area contributed by atoms with Gasteiger partial charge in [0.15, 0.2) is 0 Å². The van der Waals surface area contributed by atoms with Gasteiger partial charge in [-0.1, -0.05) is 6.07 Å². The van der Waals surface area contributed by atoms with E-state index in [0.29, 0.717) is 11.3 Å². The average molecular weight is 267 g/mol. The molecule has 100 valence electrons. The van der Waals surface area contributed by atoms with Crippen LogP contribution in [0.2, 0.25) is 0 Å². The molecule has 20 heavy (non-hydrogen) atoms. The second-order valence-electron chi connectivity index (χ2n) is 4.37. The van der Waals surface area contributed by atoms with Gasteiger partial charge in [-0.05, 0) is 31.2 Å². The molecule has 1 aromatic carbocycles. The molecule has 0 aliphatic heterocycles. The highest BCUT2D eigenvalue weighted by Gasteiger charge is 2.15. The van der Waals surface area contributed by atoms with Crippen LogP contribution in [0.3, 0.4) is 0 Å². The van der Waals surface area contributed by atoms with Gasteiger partial charge in [-0.25, -0.2) is 4.79 Å². The maximum Gasteiger partial charge on any atom is 0.339 e. The highest BCUT2D eigenvalue weighted by Crippen LogP contribution is 2.27. The van der Waals surface area contributed by atoms with Crippen LogP contribution in [-0.4, -0.2) is 23.1 Å². The van der Waals surface area contributed by atoms with Crippen LogP contribution in [0.1, 0.15) is 21.6 Å². The molecule has 5 heteroatoms. The van der Waals surface area contributed by atoms with E-state index < -0.39 is 5.97 Å². The summed E-state index contributed by atoms with van der Waals surface area (Å²) < 4.78 is 0. The van der Waals surface area contributed by atoms with Crippen molar-refractivity contribution in [3.05, 3.63) is 53.3 Å². The number of anilines is 2. The van der Waals surface area contributed by atoms with Gasteiger partial charge in [0.25, 0.3) is 0 Å². The van der Waals surface area contributed by atoms with Crippen LogP contribution >= 0.6 is 0 Å². The van der Waals surface area contributed by atoms with E-state index in [2.05, 4.69) is 11.1 Å². The Labute approximate surface area is 116 Å². The average Bonchev–Trinajstić information content (AvgIpc) is 2.46. The van der Waals surface area contributed by atoms with Crippen molar-refractivity contribution < 1.29 is 9.90 Å². The lowest BCUT2D eigenvalue weighted by molar-refractivity contribution is 0.0697. The molecule has 0 spiro atoms. The zero-order chi connectivity index (χ0) is 14.7. The normalized spacial score (nSPS) is 9.85. The molecule has 0 unspecified atom stereocenters. The molecule has 0 aliphatic carbocycles. The summed E-state index contributed by atoms with van der Waals surface area (Å²) in [6.07, 6.45) is 1.34. The topological polar surface area (TPSA) is 77.2 Å². The van der Waals surface area contributed by atoms with Crippen LogP contribution in [0.5, 0.6) is 0 Å². The predicted octanol–water partition coefficient (Wildman–Crippen LogP) is 2.73. The summed E-state index contributed by atoms with van der Waals surface area (Å²) in [6.45, 7) is 1.80. The minimum absolute atomic E-state index is 0.125. The number of carboxylic acid groups (broad SMARTS) is 1. The third-order valence-corrected chi connectivity index (χ3v) is 2.97. The number of aromatic nitrogens is 1. The molecule has 2 rings (SSSR count). The van der Waals surface area contributed by atoms with Crippen LogP contribution in [0.4, 0.5) is 11.4 Å². The van der Waals surface area contributed by atoms with E-state index in [1.165, 1.54) is 6.20 Å². The van der Waals surface area contributed by atoms with E-state index in [-0.39, 0.29) is 5.56 Å². The fraction of sp³-hybridized carbons (Fsp3) is 0.133. The summed E-state index contributed by atoms with van der Waals surface area (Å²) in [6, 6.07) is 10.8. The van der Waals surface area contributed by atoms with E-state index in [9.17, 15) is 9.90 Å². The Morgan fingerprint density at radius 3 is 2.80 bits per heavy atom. The van der Waals surface area contributed by atoms with Crippen molar-refractivity contribution in [2.24, 2.45) is 0 Å². The Hall–Kier alpha value is -2.87. The van der Waals surface area contributed by atoms with Gasteiger partial charge < -0.3 is 10.0 Å². The first-order chi connectivity index (χ1) is 9.52. The van der Waals surface area contributed by atoms with Crippen LogP contribution < -0.4 is 4.90 Å². The lowest BCUT2D eigenvalue weighted by Gasteiger charge is -2.21. The van der Waals surface area contributed by atoms with Gasteiger partial charge in [-0.3, -0.25) is 4.98 Å². The molecule has 0 radical (unpaired) electrons. The molecule has 0 aliphatic rings. The molecule has 0 atom stereocenters. The highest BCUT2D eigenvalue weighted by molar-refractivity contribution is 5.95. The number of rotatable bonds is 3. The monoisotopic (exact) mass is 267 g/mol. The Balaban J connectivity index is 2.52. The Bertz CT molecular complexity index is 705. The molecule has 0 amide bonds. The SMILES string of the molecule is Cc1cc(N(C)c2cccc(C#N)c2)c(C(=O)O)cn1. The number of nitrogens with zero attached hydrogens (tertiary/aromatic N) is 3. The summed E-state index contributed by atoms with van der Waals surface area (Å²) >= 11 is 0. The number of hydrogen-bond donors (Lipinski definition) is 1. The van der Waals surface area contributed by atoms with Crippen molar-refractivity contribution in [1.82, 2.24) is 4.98 Å². The maximum absolute atomic E-state index is 11.3. The van der Waals surface area contributed by atoms with Crippen LogP contribution in [0.25, 0.3) is 0 Å². The number of carboxylic acids is 1. The Kier molecular flexibility index (Phi) is 3.67. The number of benzene rings is 1. The standard InChI is InChI=1S/C15H13N3O2/c1-10-6-14(13(9-17-10)15(19)20)18(2)12-5-3-4-11(7-12)8-16/h3-7,9H,1-2H3,(H,19,20). The van der Waals surface area contributed by atoms with Gasteiger partial charge in [-0.2, -0.15) is 5.26 Å². The molecule has 0 saturated heterocycles. The first-order valence-electron chi connectivity index (χ1n) is 5.96. The summed E-state index contributed by atoms with van der Waals surface area (Å²) in [5.41, 5.74) is 2.67. The van der Waals surface area contributed by atoms with E-state index in [1.54, 1.807) is 43.1 Å². The fourth-order valence-electron chi connectivity index (χ4n) is 1.91. The van der Waals surface area contributed by atoms with Crippen molar-refractivity contribution in [2.45, 2.75) is 6.92 Å². The van der Waals surface area contributed by atoms with Gasteiger partial charge in [0.1, 0.15) is 5.56 Å². The summed E-state index contributed by atoms with van der Waals surface area (Å²) in [4.78, 5) is 17.0. The Morgan fingerprint density at radius 2 is 2.15 bits per heavy atom. The maximum atomic E-state index is 11.3. The molecule has 0 saturated carbocycles. The molecule has 1 aromatic heterocycles. The minimum Gasteiger partial charge on any atom is -0.478 e. The molecule has 2 aromatic rings. The second-order valence-corrected chi connectivity index (χ2v) is 4.37. The van der Waals surface area contributed by atoms with E-state index in [4.69, 9.17) is 5.26 Å². The van der Waals surface area contributed by atoms with Gasteiger partial charge in [0.2, 0.25) is 0 Å². The number of nitriles is 1. The quantitative estimate of drug-likeness (QED) is 0.925. The molecule has 1 heterocycles. The molecular weight excluding hydrogens is 254 g/mol. The van der Waals surface area contributed by atoms with Crippen molar-refractivity contribution in [3.8, 4) is 6.07 Å². The molecular formula is C15H13N3O2. The number of pyridine rings is 1. The minimum atomic E-state index is -1.03. The zero-order valence-electron chi connectivity index (χ0n) is 11.2. The molecule has 5 nitrogen and oxygen atoms in total. The number of aryl methyl sites for hydroxylation is 1. The summed E-state index contributed by atoms with van der Waals surface area (Å²) in [5.74, 6) is -1.03. The van der Waals surface area contributed by atoms with E-state index in [1.807, 2.05) is 6.07 Å². The Morgan fingerprint density at radius 1 is 1.40 bits per heavy atom. The van der Waals surface area contributed by atoms with Gasteiger partial charge in [0, 0.05) is 24.6 Å². The number of hydrogen-bond acceptors (Lipinski definition) is 4. The third-order valence-electron chi connectivity index (χ3n) is 2.97. The summed E-state index contributed by atoms with van der Waals surface area (Å²) in [7, 11) is 1.76. The largest absolute Gasteiger partial charge is 0.478 e. The molecule has 1 N–H and O–H groups in total. The predicted molar refractivity (Wildman–Crippen MR) is 75.2 cm³/mol. The number of carbonyl (C=O) groups is 1. The van der Waals surface area contributed by atoms with E-state index in [0.717, 1.165) is 11.4 Å². The lowest BCUT2D eigenvalue weighted by Crippen LogP contribution is -2.15. The van der Waals surface area contributed by atoms with Gasteiger partial charge in [-0.15, -0.1) is 0 Å². The van der Waals surface area contributed by atoms with Crippen molar-refractivity contribution in [1.29, 1.82) is 5.26 Å². The van der Waals surface area contributed by atoms with Crippen molar-refractivity contribution in [2.75, 3.05) is 11.9 Å². The molecule has 0 bridgehead atoms. The highest BCUT2D eigenvalue weighted by atomic mass is 16.4. The van der Waals surface area contributed by atoms with Crippen LogP contribution in [0.15, 0.2) is 36.5 Å². The fourth-order valence-corrected chi connectivity index (χ4v) is 1.91. The van der Waals surface area contributed by atoms with Gasteiger partial charge in [0.05, 0.1) is 17.3 Å². The molecule has 0 fully saturated rings. The van der Waals surface area contributed by atoms with Crippen molar-refractivity contribution in [3.63, 3.8) is 0 Å². The number of aromatic carboxylic acids is 1. The first-order valence-corrected chi connectivity index (χ1v) is 5.96. The van der Waals surface area contributed by atoms with E-state index >= 15 is 0 Å².